The van der Waals surface area contributed by atoms with E-state index < -0.39 is 0 Å². The average molecular weight is 244 g/mol. The molecule has 1 N–H and O–H groups in total. The van der Waals surface area contributed by atoms with Gasteiger partial charge in [-0.25, -0.2) is 4.98 Å². The number of nitrogens with zero attached hydrogens (tertiary/aromatic N) is 1. The second-order valence-electron chi connectivity index (χ2n) is 3.47. The zero-order valence-electron chi connectivity index (χ0n) is 8.71. The van der Waals surface area contributed by atoms with Crippen molar-refractivity contribution in [1.29, 1.82) is 0 Å². The number of carbonyl (C=O) groups excluding carboxylic acids is 1. The average Bonchev–Trinajstić information content (AvgIpc) is 2.99. The molecule has 5 heteroatoms. The zero-order valence-corrected chi connectivity index (χ0v) is 9.53. The minimum atomic E-state index is -0.112. The summed E-state index contributed by atoms with van der Waals surface area (Å²) in [5.41, 5.74) is 2.14. The number of thiophene rings is 1. The normalized spacial score (nSPS) is 10.6. The summed E-state index contributed by atoms with van der Waals surface area (Å²) in [6.45, 7) is 0. The van der Waals surface area contributed by atoms with Gasteiger partial charge in [-0.3, -0.25) is 4.79 Å². The van der Waals surface area contributed by atoms with Gasteiger partial charge in [0, 0.05) is 11.8 Å². The minimum Gasteiger partial charge on any atom is -0.443 e. The van der Waals surface area contributed by atoms with Gasteiger partial charge in [0.1, 0.15) is 5.52 Å². The first-order chi connectivity index (χ1) is 8.33. The maximum absolute atomic E-state index is 11.8. The van der Waals surface area contributed by atoms with Crippen LogP contribution in [0.1, 0.15) is 9.67 Å². The molecule has 1 amide bonds. The standard InChI is InChI=1S/C12H8N2O2S/c15-12(11-2-1-5-17-11)14-8-3-4-9-10(6-8)16-7-13-9/h1-7H,(H,14,15). The first kappa shape index (κ1) is 10.0. The molecule has 0 unspecified atom stereocenters. The molecule has 0 saturated carbocycles. The minimum absolute atomic E-state index is 0.112. The second-order valence-corrected chi connectivity index (χ2v) is 4.41. The molecule has 1 aromatic carbocycles. The predicted molar refractivity (Wildman–Crippen MR) is 66.3 cm³/mol. The van der Waals surface area contributed by atoms with Crippen molar-refractivity contribution in [3.05, 3.63) is 47.0 Å². The summed E-state index contributed by atoms with van der Waals surface area (Å²) in [6, 6.07) is 9.00. The Kier molecular flexibility index (Phi) is 2.38. The highest BCUT2D eigenvalue weighted by atomic mass is 32.1. The van der Waals surface area contributed by atoms with Crippen LogP contribution in [0.4, 0.5) is 5.69 Å². The fourth-order valence-electron chi connectivity index (χ4n) is 1.53. The van der Waals surface area contributed by atoms with Crippen molar-refractivity contribution in [1.82, 2.24) is 4.98 Å². The molecule has 2 heterocycles. The maximum atomic E-state index is 11.8. The molecular weight excluding hydrogens is 236 g/mol. The van der Waals surface area contributed by atoms with E-state index in [2.05, 4.69) is 10.3 Å². The van der Waals surface area contributed by atoms with Gasteiger partial charge in [0.15, 0.2) is 12.0 Å². The van der Waals surface area contributed by atoms with Crippen LogP contribution in [0, 0.1) is 0 Å². The van der Waals surface area contributed by atoms with E-state index in [1.165, 1.54) is 17.7 Å². The Morgan fingerprint density at radius 1 is 1.35 bits per heavy atom. The summed E-state index contributed by atoms with van der Waals surface area (Å²) < 4.78 is 5.17. The highest BCUT2D eigenvalue weighted by molar-refractivity contribution is 7.12. The summed E-state index contributed by atoms with van der Waals surface area (Å²) in [6.07, 6.45) is 1.38. The third-order valence-corrected chi connectivity index (χ3v) is 3.20. The Bertz CT molecular complexity index is 658. The highest BCUT2D eigenvalue weighted by Gasteiger charge is 2.07. The molecule has 0 bridgehead atoms. The predicted octanol–water partition coefficient (Wildman–Crippen LogP) is 3.14. The lowest BCUT2D eigenvalue weighted by atomic mass is 10.3. The lowest BCUT2D eigenvalue weighted by Crippen LogP contribution is -2.09. The molecule has 0 fully saturated rings. The lowest BCUT2D eigenvalue weighted by molar-refractivity contribution is 0.103. The molecule has 3 aromatic rings. The molecule has 2 aromatic heterocycles. The van der Waals surface area contributed by atoms with Crippen molar-refractivity contribution in [2.24, 2.45) is 0 Å². The molecule has 0 saturated heterocycles. The molecule has 84 valence electrons. The molecule has 0 aliphatic carbocycles. The summed E-state index contributed by atoms with van der Waals surface area (Å²) in [5.74, 6) is -0.112. The maximum Gasteiger partial charge on any atom is 0.265 e. The van der Waals surface area contributed by atoms with Crippen LogP contribution in [0.2, 0.25) is 0 Å². The number of rotatable bonds is 2. The molecule has 0 radical (unpaired) electrons. The van der Waals surface area contributed by atoms with Crippen LogP contribution in [0.5, 0.6) is 0 Å². The van der Waals surface area contributed by atoms with Crippen LogP contribution in [0.25, 0.3) is 11.1 Å². The fraction of sp³-hybridized carbons (Fsp3) is 0. The molecule has 3 rings (SSSR count). The molecule has 0 spiro atoms. The zero-order chi connectivity index (χ0) is 11.7. The van der Waals surface area contributed by atoms with Gasteiger partial charge in [-0.15, -0.1) is 11.3 Å². The van der Waals surface area contributed by atoms with Gasteiger partial charge < -0.3 is 9.73 Å². The number of anilines is 1. The van der Waals surface area contributed by atoms with Crippen molar-refractivity contribution >= 4 is 34.0 Å². The van der Waals surface area contributed by atoms with E-state index in [9.17, 15) is 4.79 Å². The SMILES string of the molecule is O=C(Nc1ccc2ncoc2c1)c1cccs1. The van der Waals surface area contributed by atoms with Crippen molar-refractivity contribution in [3.63, 3.8) is 0 Å². The van der Waals surface area contributed by atoms with E-state index in [1.54, 1.807) is 18.2 Å². The number of hydrogen-bond donors (Lipinski definition) is 1. The molecular formula is C12H8N2O2S. The van der Waals surface area contributed by atoms with Gasteiger partial charge >= 0.3 is 0 Å². The number of nitrogens with one attached hydrogen (secondary N) is 1. The lowest BCUT2D eigenvalue weighted by Gasteiger charge is -2.02. The summed E-state index contributed by atoms with van der Waals surface area (Å²) in [4.78, 5) is 16.5. The van der Waals surface area contributed by atoms with Gasteiger partial charge in [-0.1, -0.05) is 6.07 Å². The Balaban J connectivity index is 1.87. The Hall–Kier alpha value is -2.14. The number of oxazole rings is 1. The number of carbonyl (C=O) groups is 1. The van der Waals surface area contributed by atoms with Gasteiger partial charge in [-0.2, -0.15) is 0 Å². The van der Waals surface area contributed by atoms with Gasteiger partial charge in [0.05, 0.1) is 4.88 Å². The van der Waals surface area contributed by atoms with Gasteiger partial charge in [0.2, 0.25) is 0 Å². The summed E-state index contributed by atoms with van der Waals surface area (Å²) in [7, 11) is 0. The van der Waals surface area contributed by atoms with Crippen molar-refractivity contribution in [2.75, 3.05) is 5.32 Å². The molecule has 0 atom stereocenters. The molecule has 4 nitrogen and oxygen atoms in total. The van der Waals surface area contributed by atoms with Crippen LogP contribution in [0.15, 0.2) is 46.5 Å². The third-order valence-electron chi connectivity index (χ3n) is 2.33. The van der Waals surface area contributed by atoms with Crippen LogP contribution >= 0.6 is 11.3 Å². The number of amides is 1. The van der Waals surface area contributed by atoms with Crippen LogP contribution in [0.3, 0.4) is 0 Å². The molecule has 0 aliphatic heterocycles. The van der Waals surface area contributed by atoms with Gasteiger partial charge in [0.25, 0.3) is 5.91 Å². The number of aromatic nitrogens is 1. The first-order valence-corrected chi connectivity index (χ1v) is 5.89. The number of benzene rings is 1. The number of hydrogen-bond acceptors (Lipinski definition) is 4. The Morgan fingerprint density at radius 2 is 2.29 bits per heavy atom. The van der Waals surface area contributed by atoms with E-state index in [1.807, 2.05) is 17.5 Å². The summed E-state index contributed by atoms with van der Waals surface area (Å²) >= 11 is 1.41. The van der Waals surface area contributed by atoms with Gasteiger partial charge in [-0.05, 0) is 23.6 Å². The molecule has 17 heavy (non-hydrogen) atoms. The topological polar surface area (TPSA) is 55.1 Å². The van der Waals surface area contributed by atoms with E-state index in [4.69, 9.17) is 4.42 Å². The third kappa shape index (κ3) is 1.92. The smallest absolute Gasteiger partial charge is 0.265 e. The quantitative estimate of drug-likeness (QED) is 0.753. The number of fused-ring (bicyclic) bond motifs is 1. The monoisotopic (exact) mass is 244 g/mol. The second kappa shape index (κ2) is 4.03. The Labute approximate surface area is 101 Å². The van der Waals surface area contributed by atoms with Crippen molar-refractivity contribution in [3.8, 4) is 0 Å². The molecule has 0 aliphatic rings. The van der Waals surface area contributed by atoms with E-state index in [0.717, 1.165) is 5.52 Å². The van der Waals surface area contributed by atoms with Crippen molar-refractivity contribution in [2.45, 2.75) is 0 Å². The van der Waals surface area contributed by atoms with E-state index >= 15 is 0 Å². The van der Waals surface area contributed by atoms with Crippen LogP contribution < -0.4 is 5.32 Å². The highest BCUT2D eigenvalue weighted by Crippen LogP contribution is 2.19. The van der Waals surface area contributed by atoms with Crippen molar-refractivity contribution < 1.29 is 9.21 Å². The largest absolute Gasteiger partial charge is 0.443 e. The fourth-order valence-corrected chi connectivity index (χ4v) is 2.15. The van der Waals surface area contributed by atoms with E-state index in [-0.39, 0.29) is 5.91 Å². The Morgan fingerprint density at radius 3 is 3.12 bits per heavy atom. The van der Waals surface area contributed by atoms with E-state index in [0.29, 0.717) is 16.1 Å². The van der Waals surface area contributed by atoms with Crippen LogP contribution in [-0.2, 0) is 0 Å². The summed E-state index contributed by atoms with van der Waals surface area (Å²) in [5, 5.41) is 4.68. The first-order valence-electron chi connectivity index (χ1n) is 5.01. The van der Waals surface area contributed by atoms with Crippen LogP contribution in [-0.4, -0.2) is 10.9 Å².